The molecule has 1 amide bonds. The van der Waals surface area contributed by atoms with Crippen LogP contribution in [0, 0.1) is 0 Å². The van der Waals surface area contributed by atoms with Crippen molar-refractivity contribution >= 4 is 11.9 Å². The van der Waals surface area contributed by atoms with Gasteiger partial charge in [-0.3, -0.25) is 4.79 Å². The topological polar surface area (TPSA) is 102 Å². The van der Waals surface area contributed by atoms with Gasteiger partial charge in [0, 0.05) is 6.54 Å². The molecule has 6 nitrogen and oxygen atoms in total. The van der Waals surface area contributed by atoms with Crippen molar-refractivity contribution in [2.24, 2.45) is 5.73 Å². The Labute approximate surface area is 123 Å². The zero-order valence-electron chi connectivity index (χ0n) is 11.7. The number of ether oxygens (including phenoxy) is 1. The van der Waals surface area contributed by atoms with Crippen molar-refractivity contribution in [1.82, 2.24) is 5.32 Å². The van der Waals surface area contributed by atoms with Gasteiger partial charge in [-0.15, -0.1) is 0 Å². The summed E-state index contributed by atoms with van der Waals surface area (Å²) in [5, 5.41) is 11.6. The summed E-state index contributed by atoms with van der Waals surface area (Å²) in [5.74, 6) is -1.20. The van der Waals surface area contributed by atoms with E-state index < -0.39 is 18.1 Å². The number of aliphatic carboxylic acids is 1. The fraction of sp³-hybridized carbons (Fsp3) is 0.467. The lowest BCUT2D eigenvalue weighted by Crippen LogP contribution is -2.44. The number of amides is 1. The van der Waals surface area contributed by atoms with Crippen molar-refractivity contribution in [3.63, 3.8) is 0 Å². The summed E-state index contributed by atoms with van der Waals surface area (Å²) in [5.41, 5.74) is 6.87. The molecule has 2 rings (SSSR count). The SMILES string of the molecule is N[C@H](Cc1ccccc1)C(=O)NCC1CCC(C(=O)O)O1. The zero-order valence-corrected chi connectivity index (χ0v) is 11.7. The molecule has 0 spiro atoms. The Kier molecular flexibility index (Phi) is 5.30. The Morgan fingerprint density at radius 3 is 2.67 bits per heavy atom. The highest BCUT2D eigenvalue weighted by Gasteiger charge is 2.30. The third kappa shape index (κ3) is 4.54. The third-order valence-corrected chi connectivity index (χ3v) is 3.52. The number of hydrogen-bond donors (Lipinski definition) is 3. The van der Waals surface area contributed by atoms with Crippen LogP contribution in [0.1, 0.15) is 18.4 Å². The Morgan fingerprint density at radius 2 is 2.05 bits per heavy atom. The van der Waals surface area contributed by atoms with E-state index in [0.717, 1.165) is 5.56 Å². The second kappa shape index (κ2) is 7.19. The van der Waals surface area contributed by atoms with Crippen molar-refractivity contribution in [1.29, 1.82) is 0 Å². The van der Waals surface area contributed by atoms with Crippen molar-refractivity contribution < 1.29 is 19.4 Å². The van der Waals surface area contributed by atoms with Crippen LogP contribution in [0.25, 0.3) is 0 Å². The molecule has 0 aromatic heterocycles. The van der Waals surface area contributed by atoms with Crippen molar-refractivity contribution in [3.05, 3.63) is 35.9 Å². The normalized spacial score (nSPS) is 22.7. The van der Waals surface area contributed by atoms with Crippen LogP contribution in [0.4, 0.5) is 0 Å². The van der Waals surface area contributed by atoms with Gasteiger partial charge in [-0.25, -0.2) is 4.79 Å². The Bertz CT molecular complexity index is 492. The average Bonchev–Trinajstić information content (AvgIpc) is 2.95. The fourth-order valence-electron chi connectivity index (χ4n) is 2.34. The van der Waals surface area contributed by atoms with E-state index in [2.05, 4.69) is 5.32 Å². The number of hydrogen-bond acceptors (Lipinski definition) is 4. The zero-order chi connectivity index (χ0) is 15.2. The van der Waals surface area contributed by atoms with Crippen molar-refractivity contribution in [2.45, 2.75) is 37.5 Å². The van der Waals surface area contributed by atoms with E-state index in [-0.39, 0.29) is 12.0 Å². The van der Waals surface area contributed by atoms with Gasteiger partial charge in [0.25, 0.3) is 0 Å². The number of nitrogens with one attached hydrogen (secondary N) is 1. The predicted molar refractivity (Wildman–Crippen MR) is 76.7 cm³/mol. The molecule has 1 fully saturated rings. The van der Waals surface area contributed by atoms with Crippen LogP contribution in [0.5, 0.6) is 0 Å². The van der Waals surface area contributed by atoms with Gasteiger partial charge >= 0.3 is 5.97 Å². The van der Waals surface area contributed by atoms with Gasteiger partial charge in [0.2, 0.25) is 5.91 Å². The van der Waals surface area contributed by atoms with E-state index in [4.69, 9.17) is 15.6 Å². The van der Waals surface area contributed by atoms with Crippen LogP contribution in [-0.2, 0) is 20.7 Å². The van der Waals surface area contributed by atoms with E-state index in [1.165, 1.54) is 0 Å². The number of carbonyl (C=O) groups excluding carboxylic acids is 1. The molecule has 4 N–H and O–H groups in total. The molecule has 3 atom stereocenters. The maximum atomic E-state index is 11.9. The molecule has 0 radical (unpaired) electrons. The minimum absolute atomic E-state index is 0.249. The first kappa shape index (κ1) is 15.5. The second-order valence-corrected chi connectivity index (χ2v) is 5.20. The molecule has 1 aromatic rings. The van der Waals surface area contributed by atoms with Gasteiger partial charge in [-0.05, 0) is 24.8 Å². The number of carbonyl (C=O) groups is 2. The van der Waals surface area contributed by atoms with Gasteiger partial charge in [-0.1, -0.05) is 30.3 Å². The van der Waals surface area contributed by atoms with Crippen LogP contribution < -0.4 is 11.1 Å². The van der Waals surface area contributed by atoms with E-state index in [0.29, 0.717) is 25.8 Å². The molecule has 1 heterocycles. The smallest absolute Gasteiger partial charge is 0.332 e. The molecule has 0 aliphatic carbocycles. The highest BCUT2D eigenvalue weighted by Crippen LogP contribution is 2.19. The monoisotopic (exact) mass is 292 g/mol. The maximum Gasteiger partial charge on any atom is 0.332 e. The minimum Gasteiger partial charge on any atom is -0.479 e. The molecule has 1 aliphatic rings. The van der Waals surface area contributed by atoms with Crippen molar-refractivity contribution in [2.75, 3.05) is 6.54 Å². The van der Waals surface area contributed by atoms with Crippen LogP contribution in [0.15, 0.2) is 30.3 Å². The first-order valence-electron chi connectivity index (χ1n) is 7.01. The Hall–Kier alpha value is -1.92. The summed E-state index contributed by atoms with van der Waals surface area (Å²) in [7, 11) is 0. The van der Waals surface area contributed by atoms with Gasteiger partial charge < -0.3 is 20.9 Å². The lowest BCUT2D eigenvalue weighted by atomic mass is 10.1. The highest BCUT2D eigenvalue weighted by molar-refractivity contribution is 5.81. The molecular weight excluding hydrogens is 272 g/mol. The van der Waals surface area contributed by atoms with Crippen LogP contribution >= 0.6 is 0 Å². The molecule has 21 heavy (non-hydrogen) atoms. The highest BCUT2D eigenvalue weighted by atomic mass is 16.5. The minimum atomic E-state index is -0.954. The largest absolute Gasteiger partial charge is 0.479 e. The number of carboxylic acids is 1. The van der Waals surface area contributed by atoms with Crippen LogP contribution in [0.2, 0.25) is 0 Å². The van der Waals surface area contributed by atoms with E-state index >= 15 is 0 Å². The summed E-state index contributed by atoms with van der Waals surface area (Å²) in [6, 6.07) is 8.93. The van der Waals surface area contributed by atoms with Gasteiger partial charge in [0.15, 0.2) is 6.10 Å². The molecule has 114 valence electrons. The summed E-state index contributed by atoms with van der Waals surface area (Å²) in [6.45, 7) is 0.297. The van der Waals surface area contributed by atoms with Crippen molar-refractivity contribution in [3.8, 4) is 0 Å². The van der Waals surface area contributed by atoms with Crippen LogP contribution in [0.3, 0.4) is 0 Å². The number of benzene rings is 1. The van der Waals surface area contributed by atoms with Gasteiger partial charge in [-0.2, -0.15) is 0 Å². The first-order chi connectivity index (χ1) is 10.1. The molecule has 1 saturated heterocycles. The number of nitrogens with two attached hydrogens (primary N) is 1. The summed E-state index contributed by atoms with van der Waals surface area (Å²) in [4.78, 5) is 22.7. The van der Waals surface area contributed by atoms with Gasteiger partial charge in [0.1, 0.15) is 0 Å². The quantitative estimate of drug-likeness (QED) is 0.700. The van der Waals surface area contributed by atoms with Gasteiger partial charge in [0.05, 0.1) is 12.1 Å². The third-order valence-electron chi connectivity index (χ3n) is 3.52. The Balaban J connectivity index is 1.73. The molecule has 0 saturated carbocycles. The lowest BCUT2D eigenvalue weighted by molar-refractivity contribution is -0.149. The number of carboxylic acid groups (broad SMARTS) is 1. The lowest BCUT2D eigenvalue weighted by Gasteiger charge is -2.15. The summed E-state index contributed by atoms with van der Waals surface area (Å²) >= 11 is 0. The Morgan fingerprint density at radius 1 is 1.33 bits per heavy atom. The van der Waals surface area contributed by atoms with Crippen LogP contribution in [-0.4, -0.2) is 41.8 Å². The maximum absolute atomic E-state index is 11.9. The summed E-state index contributed by atoms with van der Waals surface area (Å²) < 4.78 is 5.32. The first-order valence-corrected chi connectivity index (χ1v) is 7.01. The molecule has 2 unspecified atom stereocenters. The average molecular weight is 292 g/mol. The fourth-order valence-corrected chi connectivity index (χ4v) is 2.34. The standard InChI is InChI=1S/C15H20N2O4/c16-12(8-10-4-2-1-3-5-10)14(18)17-9-11-6-7-13(21-11)15(19)20/h1-5,11-13H,6-9,16H2,(H,17,18)(H,19,20)/t11?,12-,13?/m1/s1. The van der Waals surface area contributed by atoms with E-state index in [9.17, 15) is 9.59 Å². The van der Waals surface area contributed by atoms with E-state index in [1.54, 1.807) is 0 Å². The predicted octanol–water partition coefficient (Wildman–Crippen LogP) is 0.305. The molecule has 1 aliphatic heterocycles. The van der Waals surface area contributed by atoms with E-state index in [1.807, 2.05) is 30.3 Å². The molecule has 0 bridgehead atoms. The molecule has 6 heteroatoms. The summed E-state index contributed by atoms with van der Waals surface area (Å²) in [6.07, 6.45) is 0.566. The number of rotatable bonds is 6. The molecular formula is C15H20N2O4. The molecule has 1 aromatic carbocycles. The second-order valence-electron chi connectivity index (χ2n) is 5.20.